The molecular formula is C19H16ClF2NO3. The predicted molar refractivity (Wildman–Crippen MR) is 92.6 cm³/mol. The van der Waals surface area contributed by atoms with Crippen molar-refractivity contribution in [2.24, 2.45) is 5.92 Å². The Morgan fingerprint density at radius 3 is 2.42 bits per heavy atom. The van der Waals surface area contributed by atoms with Crippen LogP contribution in [0, 0.1) is 5.92 Å². The minimum absolute atomic E-state index is 0.0281. The average Bonchev–Trinajstić information content (AvgIpc) is 3.07. The van der Waals surface area contributed by atoms with E-state index in [0.29, 0.717) is 5.02 Å². The second-order valence-electron chi connectivity index (χ2n) is 6.24. The molecule has 4 nitrogen and oxygen atoms in total. The Bertz CT molecular complexity index is 826. The molecule has 0 spiro atoms. The van der Waals surface area contributed by atoms with Crippen molar-refractivity contribution in [3.05, 3.63) is 70.2 Å². The summed E-state index contributed by atoms with van der Waals surface area (Å²) in [6.45, 7) is 0.233. The number of hydrogen-bond donors (Lipinski definition) is 1. The molecule has 0 saturated carbocycles. The highest BCUT2D eigenvalue weighted by atomic mass is 35.5. The molecule has 2 aromatic carbocycles. The monoisotopic (exact) mass is 379 g/mol. The summed E-state index contributed by atoms with van der Waals surface area (Å²) in [6.07, 6.45) is -2.67. The van der Waals surface area contributed by atoms with Gasteiger partial charge in [0.2, 0.25) is 0 Å². The smallest absolute Gasteiger partial charge is 0.308 e. The average molecular weight is 380 g/mol. The highest BCUT2D eigenvalue weighted by Gasteiger charge is 2.40. The van der Waals surface area contributed by atoms with Crippen LogP contribution in [0.4, 0.5) is 8.78 Å². The van der Waals surface area contributed by atoms with Crippen LogP contribution in [0.15, 0.2) is 48.5 Å². The molecule has 1 saturated heterocycles. The van der Waals surface area contributed by atoms with E-state index in [1.165, 1.54) is 23.1 Å². The Morgan fingerprint density at radius 2 is 1.81 bits per heavy atom. The summed E-state index contributed by atoms with van der Waals surface area (Å²) in [6, 6.07) is 12.1. The van der Waals surface area contributed by atoms with E-state index in [-0.39, 0.29) is 30.1 Å². The highest BCUT2D eigenvalue weighted by Crippen LogP contribution is 2.34. The third-order valence-electron chi connectivity index (χ3n) is 4.61. The van der Waals surface area contributed by atoms with E-state index in [2.05, 4.69) is 0 Å². The van der Waals surface area contributed by atoms with Gasteiger partial charge in [0.15, 0.2) is 0 Å². The number of rotatable bonds is 4. The molecule has 1 fully saturated rings. The van der Waals surface area contributed by atoms with Gasteiger partial charge in [-0.1, -0.05) is 35.9 Å². The van der Waals surface area contributed by atoms with Crippen LogP contribution in [0.3, 0.4) is 0 Å². The lowest BCUT2D eigenvalue weighted by molar-refractivity contribution is -0.141. The third kappa shape index (κ3) is 3.70. The first-order valence-electron chi connectivity index (χ1n) is 8.02. The maximum atomic E-state index is 12.9. The molecule has 26 heavy (non-hydrogen) atoms. The number of amides is 1. The van der Waals surface area contributed by atoms with Crippen LogP contribution in [-0.4, -0.2) is 35.0 Å². The summed E-state index contributed by atoms with van der Waals surface area (Å²) in [5.74, 6) is -2.60. The molecule has 1 aliphatic heterocycles. The van der Waals surface area contributed by atoms with Gasteiger partial charge >= 0.3 is 5.97 Å². The van der Waals surface area contributed by atoms with Gasteiger partial charge < -0.3 is 10.0 Å². The maximum absolute atomic E-state index is 12.9. The third-order valence-corrected chi connectivity index (χ3v) is 4.86. The van der Waals surface area contributed by atoms with Crippen molar-refractivity contribution < 1.29 is 23.5 Å². The molecule has 0 radical (unpaired) electrons. The first-order valence-corrected chi connectivity index (χ1v) is 8.40. The number of carboxylic acids is 1. The van der Waals surface area contributed by atoms with E-state index in [9.17, 15) is 23.5 Å². The lowest BCUT2D eigenvalue weighted by Crippen LogP contribution is -2.30. The van der Waals surface area contributed by atoms with Crippen molar-refractivity contribution in [2.75, 3.05) is 13.1 Å². The molecule has 1 aliphatic rings. The fourth-order valence-corrected chi connectivity index (χ4v) is 3.38. The Balaban J connectivity index is 1.85. The summed E-state index contributed by atoms with van der Waals surface area (Å²) < 4.78 is 25.7. The number of benzene rings is 2. The van der Waals surface area contributed by atoms with Crippen molar-refractivity contribution in [2.45, 2.75) is 12.3 Å². The van der Waals surface area contributed by atoms with Gasteiger partial charge in [0.25, 0.3) is 12.3 Å². The van der Waals surface area contributed by atoms with Crippen LogP contribution in [0.5, 0.6) is 0 Å². The minimum atomic E-state index is -2.67. The largest absolute Gasteiger partial charge is 0.481 e. The SMILES string of the molecule is O=C(O)[C@@H]1CN(C(=O)c2cccc(C(F)F)c2)C[C@H]1c1ccc(Cl)cc1. The van der Waals surface area contributed by atoms with Gasteiger partial charge in [-0.15, -0.1) is 0 Å². The number of carbonyl (C=O) groups excluding carboxylic acids is 1. The number of carboxylic acid groups (broad SMARTS) is 1. The zero-order valence-corrected chi connectivity index (χ0v) is 14.4. The van der Waals surface area contributed by atoms with Crippen molar-refractivity contribution in [3.8, 4) is 0 Å². The van der Waals surface area contributed by atoms with Crippen LogP contribution in [-0.2, 0) is 4.79 Å². The van der Waals surface area contributed by atoms with Crippen LogP contribution < -0.4 is 0 Å². The molecule has 1 N–H and O–H groups in total. The summed E-state index contributed by atoms with van der Waals surface area (Å²) in [4.78, 5) is 25.7. The zero-order chi connectivity index (χ0) is 18.8. The van der Waals surface area contributed by atoms with Gasteiger partial charge in [0, 0.05) is 35.2 Å². The van der Waals surface area contributed by atoms with E-state index in [1.807, 2.05) is 0 Å². The van der Waals surface area contributed by atoms with Gasteiger partial charge in [-0.05, 0) is 29.8 Å². The van der Waals surface area contributed by atoms with Crippen molar-refractivity contribution in [1.82, 2.24) is 4.90 Å². The number of nitrogens with zero attached hydrogens (tertiary/aromatic N) is 1. The lowest BCUT2D eigenvalue weighted by Gasteiger charge is -2.17. The first-order chi connectivity index (χ1) is 12.4. The summed E-state index contributed by atoms with van der Waals surface area (Å²) in [7, 11) is 0. The van der Waals surface area contributed by atoms with Crippen molar-refractivity contribution in [3.63, 3.8) is 0 Å². The highest BCUT2D eigenvalue weighted by molar-refractivity contribution is 6.30. The Morgan fingerprint density at radius 1 is 1.12 bits per heavy atom. The topological polar surface area (TPSA) is 57.6 Å². The van der Waals surface area contributed by atoms with Crippen molar-refractivity contribution >= 4 is 23.5 Å². The molecule has 0 unspecified atom stereocenters. The number of carbonyl (C=O) groups is 2. The quantitative estimate of drug-likeness (QED) is 0.865. The number of alkyl halides is 2. The zero-order valence-electron chi connectivity index (χ0n) is 13.6. The summed E-state index contributed by atoms with van der Waals surface area (Å²) >= 11 is 5.87. The van der Waals surface area contributed by atoms with Crippen molar-refractivity contribution in [1.29, 1.82) is 0 Å². The van der Waals surface area contributed by atoms with Gasteiger partial charge in [-0.3, -0.25) is 9.59 Å². The lowest BCUT2D eigenvalue weighted by atomic mass is 9.89. The molecule has 136 valence electrons. The van der Waals surface area contributed by atoms with E-state index >= 15 is 0 Å². The second-order valence-corrected chi connectivity index (χ2v) is 6.68. The maximum Gasteiger partial charge on any atom is 0.308 e. The Hall–Kier alpha value is -2.47. The molecule has 1 amide bonds. The molecule has 3 rings (SSSR count). The van der Waals surface area contributed by atoms with Gasteiger partial charge in [-0.25, -0.2) is 8.78 Å². The van der Waals surface area contributed by atoms with E-state index < -0.39 is 24.2 Å². The molecule has 7 heteroatoms. The predicted octanol–water partition coefficient (Wildman–Crippen LogP) is 4.22. The Kier molecular flexibility index (Phi) is 5.23. The standard InChI is InChI=1S/C19H16ClF2NO3/c20-14-6-4-11(5-7-14)15-9-23(10-16(15)19(25)26)18(24)13-3-1-2-12(8-13)17(21)22/h1-8,15-17H,9-10H2,(H,25,26)/t15-,16+/m0/s1. The number of halogens is 3. The number of hydrogen-bond acceptors (Lipinski definition) is 2. The first kappa shape index (κ1) is 18.3. The minimum Gasteiger partial charge on any atom is -0.481 e. The van der Waals surface area contributed by atoms with Crippen LogP contribution in [0.1, 0.15) is 33.8 Å². The molecule has 0 bridgehead atoms. The second kappa shape index (κ2) is 7.41. The van der Waals surface area contributed by atoms with E-state index in [0.717, 1.165) is 11.6 Å². The normalized spacial score (nSPS) is 19.8. The molecule has 2 atom stereocenters. The molecule has 0 aromatic heterocycles. The fourth-order valence-electron chi connectivity index (χ4n) is 3.26. The van der Waals surface area contributed by atoms with E-state index in [4.69, 9.17) is 11.6 Å². The van der Waals surface area contributed by atoms with Crippen LogP contribution >= 0.6 is 11.6 Å². The van der Waals surface area contributed by atoms with Crippen LogP contribution in [0.2, 0.25) is 5.02 Å². The molecule has 1 heterocycles. The Labute approximate surface area is 154 Å². The summed E-state index contributed by atoms with van der Waals surface area (Å²) in [5, 5.41) is 10.1. The van der Waals surface area contributed by atoms with Gasteiger partial charge in [0.05, 0.1) is 5.92 Å². The molecular weight excluding hydrogens is 364 g/mol. The fraction of sp³-hybridized carbons (Fsp3) is 0.263. The van der Waals surface area contributed by atoms with Gasteiger partial charge in [-0.2, -0.15) is 0 Å². The van der Waals surface area contributed by atoms with E-state index in [1.54, 1.807) is 24.3 Å². The van der Waals surface area contributed by atoms with Crippen LogP contribution in [0.25, 0.3) is 0 Å². The number of likely N-dealkylation sites (tertiary alicyclic amines) is 1. The molecule has 2 aromatic rings. The molecule has 0 aliphatic carbocycles. The summed E-state index contributed by atoms with van der Waals surface area (Å²) in [5.41, 5.74) is 0.668. The number of aliphatic carboxylic acids is 1. The van der Waals surface area contributed by atoms with Gasteiger partial charge in [0.1, 0.15) is 0 Å².